The van der Waals surface area contributed by atoms with Gasteiger partial charge < -0.3 is 20.3 Å². The van der Waals surface area contributed by atoms with E-state index in [4.69, 9.17) is 9.84 Å². The Morgan fingerprint density at radius 3 is 2.43 bits per heavy atom. The standard InChI is InChI=1S/C15H19NO5/c1-15(9-17,10-5-3-2-4-6-10)16-13(18)11-7-8-12(21-11)14(19)20/h2-6,11-12,17H,7-9H2,1H3,(H,16,18)(H,19,20). The van der Waals surface area contributed by atoms with Crippen LogP contribution in [0, 0.1) is 0 Å². The third kappa shape index (κ3) is 3.40. The Bertz CT molecular complexity index is 518. The van der Waals surface area contributed by atoms with Crippen LogP contribution in [0.1, 0.15) is 25.3 Å². The number of amides is 1. The van der Waals surface area contributed by atoms with Crippen molar-refractivity contribution in [2.45, 2.75) is 37.5 Å². The van der Waals surface area contributed by atoms with Gasteiger partial charge in [-0.25, -0.2) is 4.79 Å². The van der Waals surface area contributed by atoms with Crippen molar-refractivity contribution in [3.05, 3.63) is 35.9 Å². The zero-order chi connectivity index (χ0) is 15.5. The second kappa shape index (κ2) is 6.24. The van der Waals surface area contributed by atoms with Gasteiger partial charge in [-0.05, 0) is 25.3 Å². The lowest BCUT2D eigenvalue weighted by Gasteiger charge is -2.30. The lowest BCUT2D eigenvalue weighted by atomic mass is 9.92. The van der Waals surface area contributed by atoms with Crippen LogP contribution in [0.3, 0.4) is 0 Å². The average molecular weight is 293 g/mol. The van der Waals surface area contributed by atoms with Crippen LogP contribution in [0.5, 0.6) is 0 Å². The monoisotopic (exact) mass is 293 g/mol. The first kappa shape index (κ1) is 15.5. The van der Waals surface area contributed by atoms with Gasteiger partial charge in [-0.1, -0.05) is 30.3 Å². The number of carboxylic acids is 1. The Morgan fingerprint density at radius 1 is 1.29 bits per heavy atom. The van der Waals surface area contributed by atoms with Crippen LogP contribution in [-0.2, 0) is 19.9 Å². The van der Waals surface area contributed by atoms with Gasteiger partial charge in [-0.2, -0.15) is 0 Å². The number of nitrogens with one attached hydrogen (secondary N) is 1. The lowest BCUT2D eigenvalue weighted by Crippen LogP contribution is -2.50. The number of benzene rings is 1. The molecule has 1 fully saturated rings. The molecule has 3 unspecified atom stereocenters. The van der Waals surface area contributed by atoms with E-state index in [1.54, 1.807) is 6.92 Å². The van der Waals surface area contributed by atoms with Gasteiger partial charge in [0.15, 0.2) is 6.10 Å². The molecule has 0 saturated carbocycles. The Morgan fingerprint density at radius 2 is 1.90 bits per heavy atom. The zero-order valence-electron chi connectivity index (χ0n) is 11.8. The van der Waals surface area contributed by atoms with Gasteiger partial charge in [-0.15, -0.1) is 0 Å². The fourth-order valence-electron chi connectivity index (χ4n) is 2.37. The number of rotatable bonds is 5. The number of aliphatic hydroxyl groups is 1. The van der Waals surface area contributed by atoms with E-state index in [1.165, 1.54) is 0 Å². The lowest BCUT2D eigenvalue weighted by molar-refractivity contribution is -0.152. The molecule has 3 atom stereocenters. The molecule has 0 bridgehead atoms. The van der Waals surface area contributed by atoms with E-state index >= 15 is 0 Å². The van der Waals surface area contributed by atoms with Crippen molar-refractivity contribution in [3.8, 4) is 0 Å². The van der Waals surface area contributed by atoms with Gasteiger partial charge in [0, 0.05) is 0 Å². The minimum Gasteiger partial charge on any atom is -0.479 e. The van der Waals surface area contributed by atoms with E-state index < -0.39 is 29.6 Å². The molecule has 6 nitrogen and oxygen atoms in total. The fraction of sp³-hybridized carbons (Fsp3) is 0.467. The topological polar surface area (TPSA) is 95.9 Å². The molecular weight excluding hydrogens is 274 g/mol. The molecule has 1 aromatic rings. The minimum atomic E-state index is -1.06. The summed E-state index contributed by atoms with van der Waals surface area (Å²) in [5, 5.41) is 21.2. The summed E-state index contributed by atoms with van der Waals surface area (Å²) in [6, 6.07) is 9.11. The molecule has 21 heavy (non-hydrogen) atoms. The highest BCUT2D eigenvalue weighted by Gasteiger charge is 2.37. The molecular formula is C15H19NO5. The van der Waals surface area contributed by atoms with Gasteiger partial charge >= 0.3 is 5.97 Å². The summed E-state index contributed by atoms with van der Waals surface area (Å²) in [6.45, 7) is 1.45. The molecule has 1 aliphatic heterocycles. The van der Waals surface area contributed by atoms with Crippen molar-refractivity contribution in [3.63, 3.8) is 0 Å². The molecule has 6 heteroatoms. The van der Waals surface area contributed by atoms with Crippen LogP contribution < -0.4 is 5.32 Å². The zero-order valence-corrected chi connectivity index (χ0v) is 11.8. The number of carbonyl (C=O) groups is 2. The molecule has 3 N–H and O–H groups in total. The number of aliphatic carboxylic acids is 1. The first-order valence-electron chi connectivity index (χ1n) is 6.83. The minimum absolute atomic E-state index is 0.266. The second-order valence-corrected chi connectivity index (χ2v) is 5.37. The van der Waals surface area contributed by atoms with Crippen molar-refractivity contribution in [2.75, 3.05) is 6.61 Å². The smallest absolute Gasteiger partial charge is 0.332 e. The summed E-state index contributed by atoms with van der Waals surface area (Å²) in [7, 11) is 0. The molecule has 1 amide bonds. The molecule has 1 aliphatic rings. The molecule has 1 aromatic carbocycles. The maximum Gasteiger partial charge on any atom is 0.332 e. The number of carbonyl (C=O) groups excluding carboxylic acids is 1. The van der Waals surface area contributed by atoms with Gasteiger partial charge in [0.2, 0.25) is 5.91 Å². The molecule has 0 spiro atoms. The second-order valence-electron chi connectivity index (χ2n) is 5.37. The molecule has 0 aliphatic carbocycles. The fourth-order valence-corrected chi connectivity index (χ4v) is 2.37. The first-order valence-corrected chi connectivity index (χ1v) is 6.83. The molecule has 2 rings (SSSR count). The van der Waals surface area contributed by atoms with Crippen LogP contribution in [0.2, 0.25) is 0 Å². The summed E-state index contributed by atoms with van der Waals surface area (Å²) in [5.74, 6) is -1.46. The summed E-state index contributed by atoms with van der Waals surface area (Å²) in [5.41, 5.74) is -0.156. The molecule has 114 valence electrons. The van der Waals surface area contributed by atoms with Crippen LogP contribution in [0.15, 0.2) is 30.3 Å². The van der Waals surface area contributed by atoms with Crippen molar-refractivity contribution in [1.29, 1.82) is 0 Å². The van der Waals surface area contributed by atoms with Gasteiger partial charge in [0.05, 0.1) is 12.1 Å². The van der Waals surface area contributed by atoms with E-state index in [0.29, 0.717) is 12.8 Å². The van der Waals surface area contributed by atoms with Crippen LogP contribution in [-0.4, -0.2) is 40.9 Å². The Hall–Kier alpha value is -1.92. The largest absolute Gasteiger partial charge is 0.479 e. The van der Waals surface area contributed by atoms with E-state index in [-0.39, 0.29) is 6.61 Å². The number of aliphatic hydroxyl groups excluding tert-OH is 1. The van der Waals surface area contributed by atoms with Gasteiger partial charge in [0.25, 0.3) is 0 Å². The van der Waals surface area contributed by atoms with E-state index in [0.717, 1.165) is 5.56 Å². The summed E-state index contributed by atoms with van der Waals surface area (Å²) < 4.78 is 5.22. The number of hydrogen-bond acceptors (Lipinski definition) is 4. The molecule has 0 radical (unpaired) electrons. The predicted octanol–water partition coefficient (Wildman–Crippen LogP) is 0.642. The third-order valence-corrected chi connectivity index (χ3v) is 3.71. The Labute approximate surface area is 122 Å². The van der Waals surface area contributed by atoms with E-state index in [9.17, 15) is 14.7 Å². The van der Waals surface area contributed by atoms with Crippen molar-refractivity contribution >= 4 is 11.9 Å². The summed E-state index contributed by atoms with van der Waals surface area (Å²) in [6.07, 6.45) is -1.05. The van der Waals surface area contributed by atoms with Crippen LogP contribution >= 0.6 is 0 Å². The van der Waals surface area contributed by atoms with Crippen molar-refractivity contribution in [1.82, 2.24) is 5.32 Å². The van der Waals surface area contributed by atoms with Crippen molar-refractivity contribution in [2.24, 2.45) is 0 Å². The van der Waals surface area contributed by atoms with E-state index in [2.05, 4.69) is 5.32 Å². The van der Waals surface area contributed by atoms with Gasteiger partial charge in [-0.3, -0.25) is 4.79 Å². The molecule has 1 saturated heterocycles. The average Bonchev–Trinajstić information content (AvgIpc) is 2.98. The van der Waals surface area contributed by atoms with Crippen LogP contribution in [0.25, 0.3) is 0 Å². The number of hydrogen-bond donors (Lipinski definition) is 3. The maximum atomic E-state index is 12.2. The predicted molar refractivity (Wildman–Crippen MR) is 74.6 cm³/mol. The Kier molecular flexibility index (Phi) is 4.59. The molecule has 1 heterocycles. The quantitative estimate of drug-likeness (QED) is 0.740. The first-order chi connectivity index (χ1) is 9.96. The van der Waals surface area contributed by atoms with Gasteiger partial charge in [0.1, 0.15) is 6.10 Å². The number of carboxylic acid groups (broad SMARTS) is 1. The highest BCUT2D eigenvalue weighted by Crippen LogP contribution is 2.24. The van der Waals surface area contributed by atoms with Crippen LogP contribution in [0.4, 0.5) is 0 Å². The third-order valence-electron chi connectivity index (χ3n) is 3.71. The SMILES string of the molecule is CC(CO)(NC(=O)C1CCC(C(=O)O)O1)c1ccccc1. The number of ether oxygens (including phenoxy) is 1. The van der Waals surface area contributed by atoms with E-state index in [1.807, 2.05) is 30.3 Å². The summed E-state index contributed by atoms with van der Waals surface area (Å²) in [4.78, 5) is 23.1. The Balaban J connectivity index is 2.06. The normalized spacial score (nSPS) is 24.3. The maximum absolute atomic E-state index is 12.2. The summed E-state index contributed by atoms with van der Waals surface area (Å²) >= 11 is 0. The van der Waals surface area contributed by atoms with Crippen molar-refractivity contribution < 1.29 is 24.5 Å². The highest BCUT2D eigenvalue weighted by molar-refractivity contribution is 5.83. The highest BCUT2D eigenvalue weighted by atomic mass is 16.5. The molecule has 0 aromatic heterocycles.